The van der Waals surface area contributed by atoms with Crippen LogP contribution in [0.3, 0.4) is 0 Å². The van der Waals surface area contributed by atoms with Gasteiger partial charge in [0.15, 0.2) is 0 Å². The second-order valence-electron chi connectivity index (χ2n) is 4.60. The fourth-order valence-corrected chi connectivity index (χ4v) is 2.33. The summed E-state index contributed by atoms with van der Waals surface area (Å²) < 4.78 is 1.64. The largest absolute Gasteiger partial charge is 0.477 e. The predicted octanol–water partition coefficient (Wildman–Crippen LogP) is 2.46. The number of carboxylic acid groups (broad SMARTS) is 1. The first-order valence-electron chi connectivity index (χ1n) is 6.16. The molecule has 100 valence electrons. The maximum absolute atomic E-state index is 11.2. The van der Waals surface area contributed by atoms with Crippen molar-refractivity contribution in [3.05, 3.63) is 47.2 Å². The van der Waals surface area contributed by atoms with Gasteiger partial charge in [0.05, 0.1) is 6.61 Å². The molecule has 0 unspecified atom stereocenters. The van der Waals surface area contributed by atoms with Crippen LogP contribution in [0.25, 0.3) is 11.3 Å². The summed E-state index contributed by atoms with van der Waals surface area (Å²) in [5.41, 5.74) is 4.27. The Bertz CT molecular complexity index is 614. The molecule has 4 nitrogen and oxygen atoms in total. The summed E-state index contributed by atoms with van der Waals surface area (Å²) in [6, 6.07) is 9.41. The number of aromatic nitrogens is 1. The van der Waals surface area contributed by atoms with Gasteiger partial charge in [0, 0.05) is 17.8 Å². The van der Waals surface area contributed by atoms with E-state index in [-0.39, 0.29) is 18.8 Å². The first-order chi connectivity index (χ1) is 9.04. The predicted molar refractivity (Wildman–Crippen MR) is 73.4 cm³/mol. The van der Waals surface area contributed by atoms with Gasteiger partial charge in [-0.2, -0.15) is 0 Å². The van der Waals surface area contributed by atoms with Crippen LogP contribution < -0.4 is 0 Å². The molecule has 1 aromatic carbocycles. The SMILES string of the molecule is Cc1ccc(-c2ccc(C(=O)O)n2CCO)c(C)c1. The number of carboxylic acids is 1. The normalized spacial score (nSPS) is 10.7. The van der Waals surface area contributed by atoms with E-state index in [0.29, 0.717) is 0 Å². The summed E-state index contributed by atoms with van der Waals surface area (Å²) in [6.45, 7) is 4.20. The summed E-state index contributed by atoms with van der Waals surface area (Å²) in [5.74, 6) is -0.982. The first kappa shape index (κ1) is 13.4. The highest BCUT2D eigenvalue weighted by molar-refractivity contribution is 5.87. The molecule has 1 aromatic heterocycles. The third kappa shape index (κ3) is 2.53. The van der Waals surface area contributed by atoms with Gasteiger partial charge >= 0.3 is 5.97 Å². The quantitative estimate of drug-likeness (QED) is 0.886. The number of aliphatic hydroxyl groups excluding tert-OH is 1. The molecule has 2 aromatic rings. The Kier molecular flexibility index (Phi) is 3.71. The van der Waals surface area contributed by atoms with E-state index in [1.165, 1.54) is 5.56 Å². The van der Waals surface area contributed by atoms with Crippen LogP contribution in [0.1, 0.15) is 21.6 Å². The Morgan fingerprint density at radius 2 is 1.95 bits per heavy atom. The molecular formula is C15H17NO3. The third-order valence-corrected chi connectivity index (χ3v) is 3.18. The number of aliphatic hydroxyl groups is 1. The van der Waals surface area contributed by atoms with Crippen LogP contribution in [-0.2, 0) is 6.54 Å². The minimum Gasteiger partial charge on any atom is -0.477 e. The Balaban J connectivity index is 2.58. The van der Waals surface area contributed by atoms with Crippen LogP contribution in [-0.4, -0.2) is 27.4 Å². The zero-order chi connectivity index (χ0) is 14.0. The van der Waals surface area contributed by atoms with Crippen LogP contribution in [0.4, 0.5) is 0 Å². The molecule has 0 spiro atoms. The van der Waals surface area contributed by atoms with Crippen molar-refractivity contribution in [1.29, 1.82) is 0 Å². The summed E-state index contributed by atoms with van der Waals surface area (Å²) in [7, 11) is 0. The minimum atomic E-state index is -0.982. The van der Waals surface area contributed by atoms with Gasteiger partial charge in [-0.05, 0) is 31.5 Å². The number of carbonyl (C=O) groups is 1. The molecular weight excluding hydrogens is 242 g/mol. The van der Waals surface area contributed by atoms with Crippen molar-refractivity contribution in [2.24, 2.45) is 0 Å². The Morgan fingerprint density at radius 3 is 2.53 bits per heavy atom. The third-order valence-electron chi connectivity index (χ3n) is 3.18. The number of aromatic carboxylic acids is 1. The summed E-state index contributed by atoms with van der Waals surface area (Å²) in [5, 5.41) is 18.3. The Labute approximate surface area is 111 Å². The lowest BCUT2D eigenvalue weighted by Gasteiger charge is -2.12. The Hall–Kier alpha value is -2.07. The summed E-state index contributed by atoms with van der Waals surface area (Å²) in [4.78, 5) is 11.2. The minimum absolute atomic E-state index is 0.0904. The van der Waals surface area contributed by atoms with Gasteiger partial charge in [0.25, 0.3) is 0 Å². The maximum atomic E-state index is 11.2. The van der Waals surface area contributed by atoms with Gasteiger partial charge in [-0.25, -0.2) is 4.79 Å². The topological polar surface area (TPSA) is 62.5 Å². The molecule has 2 rings (SSSR count). The number of hydrogen-bond acceptors (Lipinski definition) is 2. The Morgan fingerprint density at radius 1 is 1.21 bits per heavy atom. The van der Waals surface area contributed by atoms with Crippen molar-refractivity contribution in [2.75, 3.05) is 6.61 Å². The fourth-order valence-electron chi connectivity index (χ4n) is 2.33. The monoisotopic (exact) mass is 259 g/mol. The van der Waals surface area contributed by atoms with E-state index in [1.807, 2.05) is 26.0 Å². The van der Waals surface area contributed by atoms with Crippen molar-refractivity contribution in [2.45, 2.75) is 20.4 Å². The van der Waals surface area contributed by atoms with Crippen molar-refractivity contribution in [3.63, 3.8) is 0 Å². The molecule has 2 N–H and O–H groups in total. The van der Waals surface area contributed by atoms with Crippen molar-refractivity contribution in [1.82, 2.24) is 4.57 Å². The molecule has 0 bridgehead atoms. The molecule has 19 heavy (non-hydrogen) atoms. The van der Waals surface area contributed by atoms with E-state index in [0.717, 1.165) is 16.8 Å². The molecule has 0 amide bonds. The van der Waals surface area contributed by atoms with Crippen LogP contribution in [0.15, 0.2) is 30.3 Å². The van der Waals surface area contributed by atoms with E-state index in [9.17, 15) is 4.79 Å². The van der Waals surface area contributed by atoms with Crippen LogP contribution in [0.5, 0.6) is 0 Å². The zero-order valence-electron chi connectivity index (χ0n) is 11.1. The van der Waals surface area contributed by atoms with Crippen molar-refractivity contribution in [3.8, 4) is 11.3 Å². The van der Waals surface area contributed by atoms with Gasteiger partial charge in [-0.3, -0.25) is 0 Å². The molecule has 0 saturated carbocycles. The van der Waals surface area contributed by atoms with Crippen LogP contribution >= 0.6 is 0 Å². The number of rotatable bonds is 4. The van der Waals surface area contributed by atoms with Gasteiger partial charge in [0.1, 0.15) is 5.69 Å². The first-order valence-corrected chi connectivity index (χ1v) is 6.16. The molecule has 0 saturated heterocycles. The maximum Gasteiger partial charge on any atom is 0.352 e. The lowest BCUT2D eigenvalue weighted by Crippen LogP contribution is -2.12. The van der Waals surface area contributed by atoms with E-state index in [2.05, 4.69) is 6.07 Å². The standard InChI is InChI=1S/C15H17NO3/c1-10-3-4-12(11(2)9-10)13-5-6-14(15(18)19)16(13)7-8-17/h3-6,9,17H,7-8H2,1-2H3,(H,18,19). The molecule has 4 heteroatoms. The van der Waals surface area contributed by atoms with Gasteiger partial charge in [0.2, 0.25) is 0 Å². The van der Waals surface area contributed by atoms with E-state index in [4.69, 9.17) is 10.2 Å². The van der Waals surface area contributed by atoms with Gasteiger partial charge in [-0.1, -0.05) is 23.8 Å². The van der Waals surface area contributed by atoms with Crippen molar-refractivity contribution >= 4 is 5.97 Å². The highest BCUT2D eigenvalue weighted by Crippen LogP contribution is 2.26. The molecule has 0 atom stereocenters. The molecule has 0 aliphatic rings. The second-order valence-corrected chi connectivity index (χ2v) is 4.60. The van der Waals surface area contributed by atoms with E-state index >= 15 is 0 Å². The molecule has 1 heterocycles. The van der Waals surface area contributed by atoms with Gasteiger partial charge in [-0.15, -0.1) is 0 Å². The van der Waals surface area contributed by atoms with Crippen LogP contribution in [0, 0.1) is 13.8 Å². The smallest absolute Gasteiger partial charge is 0.352 e. The highest BCUT2D eigenvalue weighted by atomic mass is 16.4. The highest BCUT2D eigenvalue weighted by Gasteiger charge is 2.15. The summed E-state index contributed by atoms with van der Waals surface area (Å²) >= 11 is 0. The molecule has 0 aliphatic heterocycles. The molecule has 0 aliphatic carbocycles. The van der Waals surface area contributed by atoms with E-state index < -0.39 is 5.97 Å². The lowest BCUT2D eigenvalue weighted by molar-refractivity contribution is 0.0684. The summed E-state index contributed by atoms with van der Waals surface area (Å²) in [6.07, 6.45) is 0. The average Bonchev–Trinajstić information content (AvgIpc) is 2.73. The number of nitrogens with zero attached hydrogens (tertiary/aromatic N) is 1. The fraction of sp³-hybridized carbons (Fsp3) is 0.267. The number of aryl methyl sites for hydroxylation is 2. The number of hydrogen-bond donors (Lipinski definition) is 2. The zero-order valence-corrected chi connectivity index (χ0v) is 11.1. The molecule has 0 radical (unpaired) electrons. The average molecular weight is 259 g/mol. The lowest BCUT2D eigenvalue weighted by atomic mass is 10.0. The molecule has 0 fully saturated rings. The van der Waals surface area contributed by atoms with E-state index in [1.54, 1.807) is 16.7 Å². The number of benzene rings is 1. The second kappa shape index (κ2) is 5.28. The van der Waals surface area contributed by atoms with Crippen molar-refractivity contribution < 1.29 is 15.0 Å². The van der Waals surface area contributed by atoms with Gasteiger partial charge < -0.3 is 14.8 Å². The van der Waals surface area contributed by atoms with Crippen LogP contribution in [0.2, 0.25) is 0 Å².